The normalized spacial score (nSPS) is 21.7. The van der Waals surface area contributed by atoms with Gasteiger partial charge in [0.2, 0.25) is 0 Å². The second kappa shape index (κ2) is 7.80. The van der Waals surface area contributed by atoms with Gasteiger partial charge in [-0.15, -0.1) is 0 Å². The predicted molar refractivity (Wildman–Crippen MR) is 89.3 cm³/mol. The maximum atomic E-state index is 6.38. The molecule has 0 aromatic heterocycles. The number of benzene rings is 1. The van der Waals surface area contributed by atoms with Crippen molar-refractivity contribution < 1.29 is 4.74 Å². The first-order valence-electron chi connectivity index (χ1n) is 7.57. The van der Waals surface area contributed by atoms with Crippen LogP contribution in [0.15, 0.2) is 18.2 Å². The Labute approximate surface area is 137 Å². The van der Waals surface area contributed by atoms with Gasteiger partial charge in [0, 0.05) is 29.2 Å². The van der Waals surface area contributed by atoms with Gasteiger partial charge in [-0.1, -0.05) is 30.1 Å². The van der Waals surface area contributed by atoms with Gasteiger partial charge in [-0.25, -0.2) is 0 Å². The van der Waals surface area contributed by atoms with Crippen molar-refractivity contribution in [1.29, 1.82) is 0 Å². The Morgan fingerprint density at radius 3 is 2.81 bits per heavy atom. The Bertz CT molecular complexity index is 468. The molecule has 118 valence electrons. The molecule has 3 nitrogen and oxygen atoms in total. The summed E-state index contributed by atoms with van der Waals surface area (Å²) in [6, 6.07) is 6.19. The van der Waals surface area contributed by atoms with Gasteiger partial charge in [0.25, 0.3) is 0 Å². The number of morpholine rings is 1. The summed E-state index contributed by atoms with van der Waals surface area (Å²) in [6.45, 7) is 10.0. The highest BCUT2D eigenvalue weighted by molar-refractivity contribution is 6.33. The molecular weight excluding hydrogens is 307 g/mol. The van der Waals surface area contributed by atoms with Crippen LogP contribution in [0.5, 0.6) is 0 Å². The fourth-order valence-corrected chi connectivity index (χ4v) is 3.20. The van der Waals surface area contributed by atoms with Gasteiger partial charge in [0.15, 0.2) is 0 Å². The van der Waals surface area contributed by atoms with Crippen molar-refractivity contribution >= 4 is 23.2 Å². The van der Waals surface area contributed by atoms with E-state index in [2.05, 4.69) is 31.0 Å². The summed E-state index contributed by atoms with van der Waals surface area (Å²) < 4.78 is 6.02. The first-order valence-corrected chi connectivity index (χ1v) is 8.32. The molecule has 2 unspecified atom stereocenters. The fourth-order valence-electron chi connectivity index (χ4n) is 2.78. The summed E-state index contributed by atoms with van der Waals surface area (Å²) in [7, 11) is 0. The lowest BCUT2D eigenvalue weighted by Gasteiger charge is -2.39. The standard InChI is InChI=1S/C16H24Cl2N2O/c1-4-19-16(13-9-12(17)5-6-14(13)18)15-10-20(11(2)3)7-8-21-15/h5-6,9,11,15-16,19H,4,7-8,10H2,1-3H3. The first-order chi connectivity index (χ1) is 10.0. The summed E-state index contributed by atoms with van der Waals surface area (Å²) in [5, 5.41) is 4.94. The van der Waals surface area contributed by atoms with E-state index in [1.807, 2.05) is 18.2 Å². The third-order valence-corrected chi connectivity index (χ3v) is 4.52. The van der Waals surface area contributed by atoms with Crippen LogP contribution < -0.4 is 5.32 Å². The van der Waals surface area contributed by atoms with E-state index in [9.17, 15) is 0 Å². The van der Waals surface area contributed by atoms with Crippen LogP contribution >= 0.6 is 23.2 Å². The molecule has 1 aromatic rings. The number of nitrogens with zero attached hydrogens (tertiary/aromatic N) is 1. The van der Waals surface area contributed by atoms with Crippen molar-refractivity contribution in [2.45, 2.75) is 39.0 Å². The molecule has 21 heavy (non-hydrogen) atoms. The minimum atomic E-state index is 0.0581. The Morgan fingerprint density at radius 1 is 1.38 bits per heavy atom. The summed E-state index contributed by atoms with van der Waals surface area (Å²) >= 11 is 12.5. The summed E-state index contributed by atoms with van der Waals surface area (Å²) in [5.41, 5.74) is 1.02. The average molecular weight is 331 g/mol. The van der Waals surface area contributed by atoms with Crippen molar-refractivity contribution in [2.75, 3.05) is 26.2 Å². The van der Waals surface area contributed by atoms with E-state index < -0.39 is 0 Å². The Morgan fingerprint density at radius 2 is 2.14 bits per heavy atom. The van der Waals surface area contributed by atoms with Crippen molar-refractivity contribution in [1.82, 2.24) is 10.2 Å². The van der Waals surface area contributed by atoms with Crippen molar-refractivity contribution in [3.8, 4) is 0 Å². The molecule has 0 radical (unpaired) electrons. The monoisotopic (exact) mass is 330 g/mol. The van der Waals surface area contributed by atoms with Gasteiger partial charge in [0.05, 0.1) is 18.8 Å². The molecule has 1 N–H and O–H groups in total. The van der Waals surface area contributed by atoms with Crippen LogP contribution in [0.1, 0.15) is 32.4 Å². The number of nitrogens with one attached hydrogen (secondary N) is 1. The van der Waals surface area contributed by atoms with Gasteiger partial charge in [-0.3, -0.25) is 4.90 Å². The lowest BCUT2D eigenvalue weighted by molar-refractivity contribution is -0.0558. The summed E-state index contributed by atoms with van der Waals surface area (Å²) in [4.78, 5) is 2.44. The summed E-state index contributed by atoms with van der Waals surface area (Å²) in [6.07, 6.45) is 0.0806. The van der Waals surface area contributed by atoms with Crippen LogP contribution in [0, 0.1) is 0 Å². The van der Waals surface area contributed by atoms with Crippen molar-refractivity contribution in [3.05, 3.63) is 33.8 Å². The molecule has 0 saturated carbocycles. The zero-order chi connectivity index (χ0) is 15.4. The second-order valence-electron chi connectivity index (χ2n) is 5.70. The van der Waals surface area contributed by atoms with E-state index in [1.54, 1.807) is 0 Å². The molecule has 5 heteroatoms. The molecule has 2 atom stereocenters. The van der Waals surface area contributed by atoms with Gasteiger partial charge in [0.1, 0.15) is 0 Å². The van der Waals surface area contributed by atoms with Crippen molar-refractivity contribution in [3.63, 3.8) is 0 Å². The average Bonchev–Trinajstić information content (AvgIpc) is 2.47. The van der Waals surface area contributed by atoms with E-state index in [1.165, 1.54) is 0 Å². The number of hydrogen-bond acceptors (Lipinski definition) is 3. The number of hydrogen-bond donors (Lipinski definition) is 1. The molecule has 1 saturated heterocycles. The minimum absolute atomic E-state index is 0.0581. The largest absolute Gasteiger partial charge is 0.374 e. The van der Waals surface area contributed by atoms with Crippen LogP contribution in [0.3, 0.4) is 0 Å². The molecule has 0 aliphatic carbocycles. The Hall–Kier alpha value is -0.320. The second-order valence-corrected chi connectivity index (χ2v) is 6.54. The number of rotatable bonds is 5. The Kier molecular flexibility index (Phi) is 6.33. The lowest BCUT2D eigenvalue weighted by Crippen LogP contribution is -2.50. The zero-order valence-corrected chi connectivity index (χ0v) is 14.4. The number of halogens is 2. The van der Waals surface area contributed by atoms with Crippen LogP contribution in [0.2, 0.25) is 10.0 Å². The quantitative estimate of drug-likeness (QED) is 0.889. The molecule has 0 bridgehead atoms. The van der Waals surface area contributed by atoms with Gasteiger partial charge in [-0.05, 0) is 44.2 Å². The molecule has 1 aromatic carbocycles. The van der Waals surface area contributed by atoms with Crippen LogP contribution in [-0.2, 0) is 4.74 Å². The van der Waals surface area contributed by atoms with Crippen LogP contribution in [0.25, 0.3) is 0 Å². The topological polar surface area (TPSA) is 24.5 Å². The molecule has 1 aliphatic heterocycles. The minimum Gasteiger partial charge on any atom is -0.374 e. The highest BCUT2D eigenvalue weighted by atomic mass is 35.5. The van der Waals surface area contributed by atoms with Gasteiger partial charge in [-0.2, -0.15) is 0 Å². The zero-order valence-electron chi connectivity index (χ0n) is 12.9. The molecule has 2 rings (SSSR count). The van der Waals surface area contributed by atoms with E-state index in [-0.39, 0.29) is 12.1 Å². The smallest absolute Gasteiger partial charge is 0.0897 e. The van der Waals surface area contributed by atoms with Crippen LogP contribution in [0.4, 0.5) is 0 Å². The van der Waals surface area contributed by atoms with Crippen molar-refractivity contribution in [2.24, 2.45) is 0 Å². The van der Waals surface area contributed by atoms with Gasteiger partial charge < -0.3 is 10.1 Å². The molecule has 1 heterocycles. The molecule has 0 amide bonds. The number of likely N-dealkylation sites (N-methyl/N-ethyl adjacent to an activating group) is 1. The van der Waals surface area contributed by atoms with E-state index in [4.69, 9.17) is 27.9 Å². The third-order valence-electron chi connectivity index (χ3n) is 3.94. The predicted octanol–water partition coefficient (Wildman–Crippen LogP) is 3.75. The highest BCUT2D eigenvalue weighted by Crippen LogP contribution is 2.31. The molecule has 0 spiro atoms. The number of ether oxygens (including phenoxy) is 1. The molecule has 1 fully saturated rings. The Balaban J connectivity index is 2.23. The lowest BCUT2D eigenvalue weighted by atomic mass is 9.99. The van der Waals surface area contributed by atoms with Crippen LogP contribution in [-0.4, -0.2) is 43.3 Å². The first kappa shape index (κ1) is 17.0. The highest BCUT2D eigenvalue weighted by Gasteiger charge is 2.31. The fraction of sp³-hybridized carbons (Fsp3) is 0.625. The van der Waals surface area contributed by atoms with E-state index >= 15 is 0 Å². The molecule has 1 aliphatic rings. The maximum absolute atomic E-state index is 6.38. The van der Waals surface area contributed by atoms with Gasteiger partial charge >= 0.3 is 0 Å². The third kappa shape index (κ3) is 4.33. The SMILES string of the molecule is CCNC(c1cc(Cl)ccc1Cl)C1CN(C(C)C)CCO1. The van der Waals surface area contributed by atoms with E-state index in [0.717, 1.165) is 36.8 Å². The molecular formula is C16H24Cl2N2O. The maximum Gasteiger partial charge on any atom is 0.0897 e. The summed E-state index contributed by atoms with van der Waals surface area (Å²) in [5.74, 6) is 0. The van der Waals surface area contributed by atoms with E-state index in [0.29, 0.717) is 11.1 Å².